The second-order valence-electron chi connectivity index (χ2n) is 4.66. The largest absolute Gasteiger partial charge is 0.411 e. The van der Waals surface area contributed by atoms with Crippen molar-refractivity contribution in [2.45, 2.75) is 17.4 Å². The zero-order valence-corrected chi connectivity index (χ0v) is 13.2. The highest BCUT2D eigenvalue weighted by Gasteiger charge is 2.16. The Bertz CT molecular complexity index is 776. The van der Waals surface area contributed by atoms with Gasteiger partial charge in [-0.25, -0.2) is 4.39 Å². The summed E-state index contributed by atoms with van der Waals surface area (Å²) in [5.74, 6) is 0.0686. The molecule has 0 saturated carbocycles. The quantitative estimate of drug-likeness (QED) is 0.600. The topological polar surface area (TPSA) is 38.9 Å². The minimum absolute atomic E-state index is 0.0789. The highest BCUT2D eigenvalue weighted by molar-refractivity contribution is 7.99. The minimum atomic E-state index is -0.301. The molecule has 0 N–H and O–H groups in total. The van der Waals surface area contributed by atoms with Gasteiger partial charge in [0, 0.05) is 15.8 Å². The molecule has 1 heterocycles. The van der Waals surface area contributed by atoms with Crippen molar-refractivity contribution in [3.05, 3.63) is 64.9 Å². The van der Waals surface area contributed by atoms with E-state index in [4.69, 9.17) is 16.0 Å². The molecular weight excluding hydrogens is 323 g/mol. The van der Waals surface area contributed by atoms with Crippen LogP contribution in [0.3, 0.4) is 0 Å². The number of benzene rings is 2. The van der Waals surface area contributed by atoms with Crippen LogP contribution in [-0.2, 0) is 0 Å². The van der Waals surface area contributed by atoms with Gasteiger partial charge >= 0.3 is 0 Å². The molecule has 0 spiro atoms. The lowest BCUT2D eigenvalue weighted by Gasteiger charge is -2.10. The van der Waals surface area contributed by atoms with Gasteiger partial charge in [-0.15, -0.1) is 10.2 Å². The number of halogens is 2. The Morgan fingerprint density at radius 2 is 1.82 bits per heavy atom. The third kappa shape index (κ3) is 3.31. The van der Waals surface area contributed by atoms with Crippen molar-refractivity contribution in [1.29, 1.82) is 0 Å². The molecule has 0 amide bonds. The molecule has 1 atom stereocenters. The molecule has 3 aromatic rings. The van der Waals surface area contributed by atoms with Gasteiger partial charge < -0.3 is 4.42 Å². The fourth-order valence-corrected chi connectivity index (χ4v) is 3.20. The highest BCUT2D eigenvalue weighted by atomic mass is 35.5. The lowest BCUT2D eigenvalue weighted by Crippen LogP contribution is -1.89. The molecule has 22 heavy (non-hydrogen) atoms. The van der Waals surface area contributed by atoms with E-state index in [1.54, 1.807) is 12.1 Å². The molecule has 6 heteroatoms. The van der Waals surface area contributed by atoms with Crippen LogP contribution in [0.15, 0.2) is 58.2 Å². The number of hydrogen-bond donors (Lipinski definition) is 0. The molecule has 0 saturated heterocycles. The van der Waals surface area contributed by atoms with Gasteiger partial charge in [0.05, 0.1) is 0 Å². The highest BCUT2D eigenvalue weighted by Crippen LogP contribution is 2.37. The normalized spacial score (nSPS) is 12.3. The zero-order chi connectivity index (χ0) is 15.5. The van der Waals surface area contributed by atoms with Crippen LogP contribution in [-0.4, -0.2) is 10.2 Å². The monoisotopic (exact) mass is 334 g/mol. The molecule has 0 aliphatic carbocycles. The predicted octanol–water partition coefficient (Wildman–Crippen LogP) is 5.38. The number of rotatable bonds is 4. The maximum absolute atomic E-state index is 12.9. The molecular formula is C16H12ClFN2OS. The lowest BCUT2D eigenvalue weighted by atomic mass is 10.2. The molecule has 0 unspecified atom stereocenters. The van der Waals surface area contributed by atoms with E-state index < -0.39 is 0 Å². The Kier molecular flexibility index (Phi) is 4.45. The molecule has 0 radical (unpaired) electrons. The van der Waals surface area contributed by atoms with Gasteiger partial charge in [0.1, 0.15) is 5.82 Å². The molecule has 112 valence electrons. The number of thioether (sulfide) groups is 1. The second-order valence-corrected chi connectivity index (χ2v) is 6.36. The third-order valence-corrected chi connectivity index (χ3v) is 4.44. The fourth-order valence-electron chi connectivity index (χ4n) is 1.99. The van der Waals surface area contributed by atoms with Gasteiger partial charge in [0.2, 0.25) is 5.89 Å². The van der Waals surface area contributed by atoms with Crippen molar-refractivity contribution in [3.8, 4) is 11.5 Å². The van der Waals surface area contributed by atoms with Crippen LogP contribution in [0.5, 0.6) is 0 Å². The summed E-state index contributed by atoms with van der Waals surface area (Å²) in [5, 5.41) is 9.25. The first kappa shape index (κ1) is 15.1. The van der Waals surface area contributed by atoms with E-state index in [1.807, 2.05) is 31.2 Å². The van der Waals surface area contributed by atoms with Crippen molar-refractivity contribution >= 4 is 23.4 Å². The van der Waals surface area contributed by atoms with Crippen LogP contribution in [0.1, 0.15) is 17.7 Å². The fraction of sp³-hybridized carbons (Fsp3) is 0.125. The van der Waals surface area contributed by atoms with Gasteiger partial charge in [0.25, 0.3) is 5.22 Å². The Morgan fingerprint density at radius 1 is 1.09 bits per heavy atom. The van der Waals surface area contributed by atoms with Gasteiger partial charge in [-0.3, -0.25) is 0 Å². The average molecular weight is 335 g/mol. The van der Waals surface area contributed by atoms with Crippen molar-refractivity contribution in [2.75, 3.05) is 0 Å². The van der Waals surface area contributed by atoms with Gasteiger partial charge in [0.15, 0.2) is 0 Å². The van der Waals surface area contributed by atoms with Crippen molar-refractivity contribution < 1.29 is 8.81 Å². The lowest BCUT2D eigenvalue weighted by molar-refractivity contribution is 0.465. The summed E-state index contributed by atoms with van der Waals surface area (Å²) in [6.45, 7) is 2.02. The van der Waals surface area contributed by atoms with E-state index in [-0.39, 0.29) is 11.1 Å². The van der Waals surface area contributed by atoms with Gasteiger partial charge in [-0.2, -0.15) is 0 Å². The van der Waals surface area contributed by atoms with Crippen LogP contribution in [0.2, 0.25) is 5.02 Å². The molecule has 3 nitrogen and oxygen atoms in total. The Hall–Kier alpha value is -1.85. The SMILES string of the molecule is C[C@@H](Sc1nnc(-c2ccc(F)cc2)o1)c1ccccc1Cl. The van der Waals surface area contributed by atoms with E-state index in [2.05, 4.69) is 10.2 Å². The standard InChI is InChI=1S/C16H12ClFN2OS/c1-10(13-4-2-3-5-14(13)17)22-16-20-19-15(21-16)11-6-8-12(18)9-7-11/h2-10H,1H3/t10-/m1/s1. The van der Waals surface area contributed by atoms with E-state index in [0.29, 0.717) is 21.7 Å². The Labute approximate surface area is 136 Å². The average Bonchev–Trinajstić information content (AvgIpc) is 2.97. The smallest absolute Gasteiger partial charge is 0.277 e. The van der Waals surface area contributed by atoms with E-state index in [9.17, 15) is 4.39 Å². The summed E-state index contributed by atoms with van der Waals surface area (Å²) in [4.78, 5) is 0. The van der Waals surface area contributed by atoms with Crippen molar-refractivity contribution in [1.82, 2.24) is 10.2 Å². The van der Waals surface area contributed by atoms with E-state index in [1.165, 1.54) is 23.9 Å². The van der Waals surface area contributed by atoms with E-state index >= 15 is 0 Å². The summed E-state index contributed by atoms with van der Waals surface area (Å²) in [6, 6.07) is 13.6. The summed E-state index contributed by atoms with van der Waals surface area (Å²) >= 11 is 7.62. The molecule has 0 fully saturated rings. The van der Waals surface area contributed by atoms with E-state index in [0.717, 1.165) is 5.56 Å². The third-order valence-electron chi connectivity index (χ3n) is 3.12. The predicted molar refractivity (Wildman–Crippen MR) is 85.4 cm³/mol. The molecule has 0 bridgehead atoms. The number of hydrogen-bond acceptors (Lipinski definition) is 4. The molecule has 0 aliphatic rings. The second kappa shape index (κ2) is 6.50. The van der Waals surface area contributed by atoms with Gasteiger partial charge in [-0.1, -0.05) is 41.6 Å². The summed E-state index contributed by atoms with van der Waals surface area (Å²) in [7, 11) is 0. The first-order valence-electron chi connectivity index (χ1n) is 6.64. The maximum atomic E-state index is 12.9. The Balaban J connectivity index is 1.77. The van der Waals surface area contributed by atoms with Crippen LogP contribution >= 0.6 is 23.4 Å². The minimum Gasteiger partial charge on any atom is -0.411 e. The number of nitrogens with zero attached hydrogens (tertiary/aromatic N) is 2. The molecule has 2 aromatic carbocycles. The summed E-state index contributed by atoms with van der Waals surface area (Å²) in [5.41, 5.74) is 1.70. The van der Waals surface area contributed by atoms with Gasteiger partial charge in [-0.05, 0) is 42.8 Å². The van der Waals surface area contributed by atoms with Crippen LogP contribution < -0.4 is 0 Å². The van der Waals surface area contributed by atoms with Crippen molar-refractivity contribution in [3.63, 3.8) is 0 Å². The van der Waals surface area contributed by atoms with Crippen LogP contribution in [0.25, 0.3) is 11.5 Å². The first-order chi connectivity index (χ1) is 10.6. The first-order valence-corrected chi connectivity index (χ1v) is 7.90. The molecule has 3 rings (SSSR count). The molecule has 0 aliphatic heterocycles. The summed E-state index contributed by atoms with van der Waals surface area (Å²) < 4.78 is 18.5. The summed E-state index contributed by atoms with van der Waals surface area (Å²) in [6.07, 6.45) is 0. The van der Waals surface area contributed by atoms with Crippen LogP contribution in [0, 0.1) is 5.82 Å². The maximum Gasteiger partial charge on any atom is 0.277 e. The Morgan fingerprint density at radius 3 is 2.55 bits per heavy atom. The van der Waals surface area contributed by atoms with Crippen molar-refractivity contribution in [2.24, 2.45) is 0 Å². The van der Waals surface area contributed by atoms with Crippen LogP contribution in [0.4, 0.5) is 4.39 Å². The number of aromatic nitrogens is 2. The zero-order valence-electron chi connectivity index (χ0n) is 11.7. The molecule has 1 aromatic heterocycles.